The Morgan fingerprint density at radius 3 is 2.57 bits per heavy atom. The van der Waals surface area contributed by atoms with Crippen molar-refractivity contribution < 1.29 is 9.59 Å². The van der Waals surface area contributed by atoms with Gasteiger partial charge >= 0.3 is 0 Å². The molecule has 1 amide bonds. The number of Topliss-reactive ketones (excluding diaryl/α,β-unsaturated/α-hetero) is 1. The summed E-state index contributed by atoms with van der Waals surface area (Å²) >= 11 is 6.41. The highest BCUT2D eigenvalue weighted by molar-refractivity contribution is 6.31. The van der Waals surface area contributed by atoms with Gasteiger partial charge in [-0.1, -0.05) is 49.2 Å². The molecule has 3 aromatic rings. The topological polar surface area (TPSA) is 65.1 Å². The lowest BCUT2D eigenvalue weighted by atomic mass is 10.0. The lowest BCUT2D eigenvalue weighted by Crippen LogP contribution is -2.11. The highest BCUT2D eigenvalue weighted by Crippen LogP contribution is 2.38. The molecule has 1 fully saturated rings. The fourth-order valence-corrected chi connectivity index (χ4v) is 4.05. The van der Waals surface area contributed by atoms with E-state index in [9.17, 15) is 9.59 Å². The van der Waals surface area contributed by atoms with Crippen molar-refractivity contribution in [3.8, 4) is 0 Å². The number of hydrogen-bond acceptors (Lipinski definition) is 2. The van der Waals surface area contributed by atoms with Crippen LogP contribution >= 0.6 is 11.6 Å². The first kappa shape index (κ1) is 18.8. The van der Waals surface area contributed by atoms with Gasteiger partial charge in [0.15, 0.2) is 5.78 Å². The maximum atomic E-state index is 13.1. The summed E-state index contributed by atoms with van der Waals surface area (Å²) in [5, 5.41) is 1.59. The van der Waals surface area contributed by atoms with E-state index in [2.05, 4.69) is 11.5 Å². The van der Waals surface area contributed by atoms with Crippen LogP contribution in [0, 0.1) is 5.92 Å². The van der Waals surface area contributed by atoms with Gasteiger partial charge < -0.3 is 10.3 Å². The molecule has 0 aliphatic heterocycles. The van der Waals surface area contributed by atoms with E-state index in [1.807, 2.05) is 30.3 Å². The van der Waals surface area contributed by atoms with Gasteiger partial charge in [-0.2, -0.15) is 0 Å². The van der Waals surface area contributed by atoms with Crippen molar-refractivity contribution in [1.82, 2.24) is 4.57 Å². The Bertz CT molecular complexity index is 1080. The Morgan fingerprint density at radius 2 is 1.93 bits per heavy atom. The van der Waals surface area contributed by atoms with Crippen molar-refractivity contribution in [3.63, 3.8) is 0 Å². The fourth-order valence-electron chi connectivity index (χ4n) is 3.85. The van der Waals surface area contributed by atoms with Gasteiger partial charge in [0.25, 0.3) is 0 Å². The number of carbonyl (C=O) groups is 2. The average Bonchev–Trinajstić information content (AvgIpc) is 3.48. The molecule has 144 valence electrons. The quantitative estimate of drug-likeness (QED) is 0.574. The molecular formula is C23H23ClN2O2. The fraction of sp³-hybridized carbons (Fsp3) is 0.304. The average molecular weight is 395 g/mol. The summed E-state index contributed by atoms with van der Waals surface area (Å²) in [6.45, 7) is 2.66. The van der Waals surface area contributed by atoms with Crippen LogP contribution < -0.4 is 5.73 Å². The summed E-state index contributed by atoms with van der Waals surface area (Å²) in [5.74, 6) is -0.122. The van der Waals surface area contributed by atoms with Gasteiger partial charge in [0.05, 0.1) is 5.52 Å². The molecule has 1 aliphatic rings. The molecule has 0 atom stereocenters. The monoisotopic (exact) mass is 394 g/mol. The molecule has 5 heteroatoms. The van der Waals surface area contributed by atoms with Gasteiger partial charge in [-0.05, 0) is 43.0 Å². The second-order valence-electron chi connectivity index (χ2n) is 7.48. The van der Waals surface area contributed by atoms with Crippen LogP contribution in [0.5, 0.6) is 0 Å². The largest absolute Gasteiger partial charge is 0.366 e. The Labute approximate surface area is 169 Å². The number of carbonyl (C=O) groups excluding carboxylic acids is 2. The van der Waals surface area contributed by atoms with Crippen LogP contribution in [0.25, 0.3) is 10.9 Å². The minimum absolute atomic E-state index is 0.130. The van der Waals surface area contributed by atoms with Gasteiger partial charge in [-0.25, -0.2) is 0 Å². The summed E-state index contributed by atoms with van der Waals surface area (Å²) in [7, 11) is 0. The molecule has 0 radical (unpaired) electrons. The van der Waals surface area contributed by atoms with Crippen molar-refractivity contribution in [2.75, 3.05) is 0 Å². The molecule has 0 saturated heterocycles. The number of aromatic nitrogens is 1. The molecule has 4 nitrogen and oxygen atoms in total. The van der Waals surface area contributed by atoms with Gasteiger partial charge in [0, 0.05) is 39.7 Å². The van der Waals surface area contributed by atoms with Crippen LogP contribution in [-0.2, 0) is 13.0 Å². The molecule has 0 unspecified atom stereocenters. The SMILES string of the molecule is CCCc1c(C(=O)C2CC2)c2ccc(C(N)=O)cc2n1Cc1ccccc1Cl. The second-order valence-corrected chi connectivity index (χ2v) is 7.89. The molecule has 4 rings (SSSR count). The van der Waals surface area contributed by atoms with E-state index in [1.165, 1.54) is 0 Å². The standard InChI is InChI=1S/C23H23ClN2O2/c1-2-5-19-21(22(27)14-8-9-14)17-11-10-15(23(25)28)12-20(17)26(19)13-16-6-3-4-7-18(16)24/h3-4,6-7,10-12,14H,2,5,8-9,13H2,1H3,(H2,25,28). The highest BCUT2D eigenvalue weighted by atomic mass is 35.5. The van der Waals surface area contributed by atoms with Crippen LogP contribution in [0.3, 0.4) is 0 Å². The van der Waals surface area contributed by atoms with Gasteiger partial charge in [0.2, 0.25) is 5.91 Å². The van der Waals surface area contributed by atoms with E-state index in [0.717, 1.165) is 53.4 Å². The number of hydrogen-bond donors (Lipinski definition) is 1. The van der Waals surface area contributed by atoms with Gasteiger partial charge in [-0.15, -0.1) is 0 Å². The Balaban J connectivity index is 1.97. The predicted octanol–water partition coefficient (Wildman–Crippen LogP) is 4.99. The minimum atomic E-state index is -0.473. The van der Waals surface area contributed by atoms with E-state index < -0.39 is 5.91 Å². The number of rotatable bonds is 7. The summed E-state index contributed by atoms with van der Waals surface area (Å²) in [6.07, 6.45) is 3.63. The van der Waals surface area contributed by atoms with Crippen molar-refractivity contribution in [2.45, 2.75) is 39.2 Å². The molecule has 2 N–H and O–H groups in total. The number of nitrogens with two attached hydrogens (primary N) is 1. The number of amides is 1. The van der Waals surface area contributed by atoms with Crippen LogP contribution in [-0.4, -0.2) is 16.3 Å². The third-order valence-electron chi connectivity index (χ3n) is 5.42. The van der Waals surface area contributed by atoms with Crippen LogP contribution in [0.4, 0.5) is 0 Å². The first-order valence-electron chi connectivity index (χ1n) is 9.73. The van der Waals surface area contributed by atoms with Crippen molar-refractivity contribution in [1.29, 1.82) is 0 Å². The van der Waals surface area contributed by atoms with Crippen LogP contribution in [0.2, 0.25) is 5.02 Å². The normalized spacial score (nSPS) is 13.8. The molecule has 2 aromatic carbocycles. The maximum Gasteiger partial charge on any atom is 0.248 e. The zero-order valence-electron chi connectivity index (χ0n) is 15.9. The van der Waals surface area contributed by atoms with E-state index >= 15 is 0 Å². The Morgan fingerprint density at radius 1 is 1.18 bits per heavy atom. The molecule has 1 heterocycles. The Kier molecular flexibility index (Phi) is 4.98. The van der Waals surface area contributed by atoms with Crippen molar-refractivity contribution >= 4 is 34.2 Å². The Hall–Kier alpha value is -2.59. The molecule has 1 aromatic heterocycles. The molecule has 1 saturated carbocycles. The molecule has 1 aliphatic carbocycles. The lowest BCUT2D eigenvalue weighted by Gasteiger charge is -2.13. The molecule has 28 heavy (non-hydrogen) atoms. The van der Waals surface area contributed by atoms with Gasteiger partial charge in [-0.3, -0.25) is 9.59 Å². The smallest absolute Gasteiger partial charge is 0.248 e. The van der Waals surface area contributed by atoms with Crippen LogP contribution in [0.1, 0.15) is 58.2 Å². The molecular weight excluding hydrogens is 372 g/mol. The second kappa shape index (κ2) is 7.44. The third kappa shape index (κ3) is 3.33. The summed E-state index contributed by atoms with van der Waals surface area (Å²) in [4.78, 5) is 24.9. The van der Waals surface area contributed by atoms with E-state index in [1.54, 1.807) is 12.1 Å². The van der Waals surface area contributed by atoms with Crippen molar-refractivity contribution in [2.24, 2.45) is 11.7 Å². The third-order valence-corrected chi connectivity index (χ3v) is 5.79. The molecule has 0 bridgehead atoms. The zero-order valence-corrected chi connectivity index (χ0v) is 16.6. The summed E-state index contributed by atoms with van der Waals surface area (Å²) < 4.78 is 2.14. The zero-order chi connectivity index (χ0) is 19.8. The van der Waals surface area contributed by atoms with Crippen molar-refractivity contribution in [3.05, 3.63) is 69.9 Å². The summed E-state index contributed by atoms with van der Waals surface area (Å²) in [5.41, 5.74) is 9.64. The van der Waals surface area contributed by atoms with E-state index in [-0.39, 0.29) is 11.7 Å². The lowest BCUT2D eigenvalue weighted by molar-refractivity contribution is 0.0966. The first-order chi connectivity index (χ1) is 13.5. The van der Waals surface area contributed by atoms with E-state index in [4.69, 9.17) is 17.3 Å². The minimum Gasteiger partial charge on any atom is -0.366 e. The number of fused-ring (bicyclic) bond motifs is 1. The van der Waals surface area contributed by atoms with Crippen LogP contribution in [0.15, 0.2) is 42.5 Å². The number of ketones is 1. The number of halogens is 1. The molecule has 0 spiro atoms. The number of primary amides is 1. The number of nitrogens with zero attached hydrogens (tertiary/aromatic N) is 1. The van der Waals surface area contributed by atoms with Gasteiger partial charge in [0.1, 0.15) is 0 Å². The summed E-state index contributed by atoms with van der Waals surface area (Å²) in [6, 6.07) is 13.1. The predicted molar refractivity (Wildman–Crippen MR) is 112 cm³/mol. The first-order valence-corrected chi connectivity index (χ1v) is 10.1. The highest BCUT2D eigenvalue weighted by Gasteiger charge is 2.34. The number of benzene rings is 2. The maximum absolute atomic E-state index is 13.1. The van der Waals surface area contributed by atoms with E-state index in [0.29, 0.717) is 17.1 Å².